The van der Waals surface area contributed by atoms with Gasteiger partial charge >= 0.3 is 0 Å². The number of rotatable bonds is 4. The molecule has 7 heteroatoms. The summed E-state index contributed by atoms with van der Waals surface area (Å²) >= 11 is 0. The van der Waals surface area contributed by atoms with Gasteiger partial charge in [0, 0.05) is 5.69 Å². The van der Waals surface area contributed by atoms with E-state index in [2.05, 4.69) is 15.6 Å². The standard InChI is InChI=1S/C19H12F2N4O/c20-15-2-1-3-16(21)18(15)24-14-8-9-17(23-11-14)19(26)25-13-6-4-12(10-22)5-7-13/h1-9,11,24H,(H,25,26). The van der Waals surface area contributed by atoms with E-state index in [1.165, 1.54) is 24.4 Å². The Morgan fingerprint density at radius 1 is 0.962 bits per heavy atom. The topological polar surface area (TPSA) is 77.8 Å². The van der Waals surface area contributed by atoms with Crippen molar-refractivity contribution in [3.05, 3.63) is 83.7 Å². The lowest BCUT2D eigenvalue weighted by Crippen LogP contribution is -2.13. The van der Waals surface area contributed by atoms with Crippen LogP contribution in [0.2, 0.25) is 0 Å². The summed E-state index contributed by atoms with van der Waals surface area (Å²) in [5, 5.41) is 14.0. The van der Waals surface area contributed by atoms with Crippen LogP contribution in [0.3, 0.4) is 0 Å². The molecule has 0 spiro atoms. The highest BCUT2D eigenvalue weighted by Crippen LogP contribution is 2.22. The van der Waals surface area contributed by atoms with Gasteiger partial charge in [0.2, 0.25) is 0 Å². The Labute approximate surface area is 147 Å². The van der Waals surface area contributed by atoms with Gasteiger partial charge in [0.15, 0.2) is 0 Å². The minimum Gasteiger partial charge on any atom is -0.349 e. The number of nitrogens with zero attached hydrogens (tertiary/aromatic N) is 2. The summed E-state index contributed by atoms with van der Waals surface area (Å²) in [5.41, 5.74) is 1.19. The maximum Gasteiger partial charge on any atom is 0.274 e. The van der Waals surface area contributed by atoms with E-state index in [1.807, 2.05) is 6.07 Å². The Morgan fingerprint density at radius 2 is 1.62 bits per heavy atom. The number of benzene rings is 2. The normalized spacial score (nSPS) is 10.0. The number of pyridine rings is 1. The van der Waals surface area contributed by atoms with Gasteiger partial charge in [0.05, 0.1) is 23.5 Å². The Kier molecular flexibility index (Phi) is 4.85. The molecule has 0 unspecified atom stereocenters. The van der Waals surface area contributed by atoms with Crippen LogP contribution in [-0.2, 0) is 0 Å². The van der Waals surface area contributed by atoms with Gasteiger partial charge in [-0.25, -0.2) is 13.8 Å². The molecule has 3 aromatic rings. The molecule has 2 aromatic carbocycles. The first-order valence-corrected chi connectivity index (χ1v) is 7.55. The first-order chi connectivity index (χ1) is 12.6. The van der Waals surface area contributed by atoms with Gasteiger partial charge in [-0.05, 0) is 48.5 Å². The number of carbonyl (C=O) groups excluding carboxylic acids is 1. The Balaban J connectivity index is 1.70. The molecular weight excluding hydrogens is 338 g/mol. The number of nitrogens with one attached hydrogen (secondary N) is 2. The number of anilines is 3. The molecule has 0 aliphatic carbocycles. The molecule has 0 atom stereocenters. The predicted octanol–water partition coefficient (Wildman–Crippen LogP) is 4.23. The van der Waals surface area contributed by atoms with E-state index >= 15 is 0 Å². The number of carbonyl (C=O) groups is 1. The van der Waals surface area contributed by atoms with E-state index in [9.17, 15) is 13.6 Å². The molecule has 2 N–H and O–H groups in total. The maximum absolute atomic E-state index is 13.6. The van der Waals surface area contributed by atoms with Crippen LogP contribution in [-0.4, -0.2) is 10.9 Å². The summed E-state index contributed by atoms with van der Waals surface area (Å²) in [6.45, 7) is 0. The number of amides is 1. The fourth-order valence-electron chi connectivity index (χ4n) is 2.19. The van der Waals surface area contributed by atoms with E-state index in [1.54, 1.807) is 24.3 Å². The molecule has 1 amide bonds. The van der Waals surface area contributed by atoms with Crippen molar-refractivity contribution < 1.29 is 13.6 Å². The van der Waals surface area contributed by atoms with E-state index < -0.39 is 17.5 Å². The van der Waals surface area contributed by atoms with E-state index in [0.717, 1.165) is 12.1 Å². The number of para-hydroxylation sites is 1. The zero-order valence-electron chi connectivity index (χ0n) is 13.3. The van der Waals surface area contributed by atoms with Crippen LogP contribution in [0.1, 0.15) is 16.1 Å². The number of aromatic nitrogens is 1. The van der Waals surface area contributed by atoms with Crippen molar-refractivity contribution in [3.8, 4) is 6.07 Å². The first-order valence-electron chi connectivity index (χ1n) is 7.55. The lowest BCUT2D eigenvalue weighted by molar-refractivity contribution is 0.102. The summed E-state index contributed by atoms with van der Waals surface area (Å²) in [6.07, 6.45) is 1.31. The van der Waals surface area contributed by atoms with Crippen molar-refractivity contribution in [2.75, 3.05) is 10.6 Å². The molecule has 1 heterocycles. The molecule has 26 heavy (non-hydrogen) atoms. The number of halogens is 2. The second kappa shape index (κ2) is 7.40. The largest absolute Gasteiger partial charge is 0.349 e. The average Bonchev–Trinajstić information content (AvgIpc) is 2.66. The highest BCUT2D eigenvalue weighted by molar-refractivity contribution is 6.03. The first kappa shape index (κ1) is 17.0. The lowest BCUT2D eigenvalue weighted by atomic mass is 10.2. The monoisotopic (exact) mass is 350 g/mol. The lowest BCUT2D eigenvalue weighted by Gasteiger charge is -2.09. The van der Waals surface area contributed by atoms with E-state index in [-0.39, 0.29) is 11.4 Å². The second-order valence-corrected chi connectivity index (χ2v) is 5.30. The summed E-state index contributed by atoms with van der Waals surface area (Å²) < 4.78 is 27.3. The summed E-state index contributed by atoms with van der Waals surface area (Å²) in [6, 6.07) is 14.8. The van der Waals surface area contributed by atoms with E-state index in [4.69, 9.17) is 5.26 Å². The zero-order chi connectivity index (χ0) is 18.5. The van der Waals surface area contributed by atoms with Crippen molar-refractivity contribution in [1.82, 2.24) is 4.98 Å². The molecule has 1 aromatic heterocycles. The van der Waals surface area contributed by atoms with Crippen molar-refractivity contribution in [1.29, 1.82) is 5.26 Å². The van der Waals surface area contributed by atoms with Gasteiger partial charge in [-0.1, -0.05) is 6.07 Å². The molecule has 0 aliphatic heterocycles. The SMILES string of the molecule is N#Cc1ccc(NC(=O)c2ccc(Nc3c(F)cccc3F)cn2)cc1. The van der Waals surface area contributed by atoms with Gasteiger partial charge < -0.3 is 10.6 Å². The molecule has 0 saturated carbocycles. The fraction of sp³-hybridized carbons (Fsp3) is 0. The highest BCUT2D eigenvalue weighted by Gasteiger charge is 2.11. The van der Waals surface area contributed by atoms with Crippen LogP contribution < -0.4 is 10.6 Å². The molecule has 3 rings (SSSR count). The summed E-state index contributed by atoms with van der Waals surface area (Å²) in [4.78, 5) is 16.2. The van der Waals surface area contributed by atoms with Gasteiger partial charge in [0.25, 0.3) is 5.91 Å². The van der Waals surface area contributed by atoms with Crippen molar-refractivity contribution in [2.24, 2.45) is 0 Å². The molecule has 5 nitrogen and oxygen atoms in total. The molecule has 0 fully saturated rings. The highest BCUT2D eigenvalue weighted by atomic mass is 19.1. The van der Waals surface area contributed by atoms with Crippen LogP contribution in [0.4, 0.5) is 25.8 Å². The smallest absolute Gasteiger partial charge is 0.274 e. The fourth-order valence-corrected chi connectivity index (χ4v) is 2.19. The third-order valence-electron chi connectivity index (χ3n) is 3.50. The number of hydrogen-bond acceptors (Lipinski definition) is 4. The second-order valence-electron chi connectivity index (χ2n) is 5.30. The minimum absolute atomic E-state index is 0.133. The van der Waals surface area contributed by atoms with Crippen LogP contribution in [0.5, 0.6) is 0 Å². The van der Waals surface area contributed by atoms with Crippen molar-refractivity contribution in [2.45, 2.75) is 0 Å². The van der Waals surface area contributed by atoms with Crippen LogP contribution >= 0.6 is 0 Å². The van der Waals surface area contributed by atoms with Gasteiger partial charge in [-0.3, -0.25) is 4.79 Å². The van der Waals surface area contributed by atoms with Gasteiger partial charge in [-0.15, -0.1) is 0 Å². The number of nitriles is 1. The van der Waals surface area contributed by atoms with Gasteiger partial charge in [0.1, 0.15) is 23.0 Å². The molecular formula is C19H12F2N4O. The molecule has 0 aliphatic rings. The van der Waals surface area contributed by atoms with Crippen molar-refractivity contribution in [3.63, 3.8) is 0 Å². The van der Waals surface area contributed by atoms with Crippen LogP contribution in [0, 0.1) is 23.0 Å². The van der Waals surface area contributed by atoms with E-state index in [0.29, 0.717) is 16.9 Å². The average molecular weight is 350 g/mol. The quantitative estimate of drug-likeness (QED) is 0.738. The predicted molar refractivity (Wildman–Crippen MR) is 93.0 cm³/mol. The molecule has 128 valence electrons. The third-order valence-corrected chi connectivity index (χ3v) is 3.50. The van der Waals surface area contributed by atoms with Gasteiger partial charge in [-0.2, -0.15) is 5.26 Å². The molecule has 0 bridgehead atoms. The molecule has 0 radical (unpaired) electrons. The molecule has 0 saturated heterocycles. The van der Waals surface area contributed by atoms with Crippen molar-refractivity contribution >= 4 is 23.0 Å². The Bertz CT molecular complexity index is 960. The van der Waals surface area contributed by atoms with Crippen LogP contribution in [0.25, 0.3) is 0 Å². The summed E-state index contributed by atoms with van der Waals surface area (Å²) in [7, 11) is 0. The zero-order valence-corrected chi connectivity index (χ0v) is 13.3. The minimum atomic E-state index is -0.729. The Hall–Kier alpha value is -3.79. The maximum atomic E-state index is 13.6. The summed E-state index contributed by atoms with van der Waals surface area (Å²) in [5.74, 6) is -1.90. The Morgan fingerprint density at radius 3 is 2.19 bits per heavy atom. The van der Waals surface area contributed by atoms with Crippen LogP contribution in [0.15, 0.2) is 60.8 Å². The number of hydrogen-bond donors (Lipinski definition) is 2. The third kappa shape index (κ3) is 3.82.